The standard InChI is InChI=1S/C24H25N3O4S/c1-30-20-9-8-16(13-21(20)31-2)23-26-19(15-32-23)14-22(28)25-18-7-5-6-17(12-18)24(29)27-10-3-4-11-27/h5-9,12-13,15H,3-4,10-11,14H2,1-2H3,(H,25,28). The number of methoxy groups -OCH3 is 2. The molecule has 32 heavy (non-hydrogen) atoms. The Balaban J connectivity index is 1.41. The lowest BCUT2D eigenvalue weighted by atomic mass is 10.1. The van der Waals surface area contributed by atoms with Crippen LogP contribution in [0.15, 0.2) is 47.8 Å². The Morgan fingerprint density at radius 1 is 1.06 bits per heavy atom. The Labute approximate surface area is 191 Å². The van der Waals surface area contributed by atoms with Gasteiger partial charge in [0, 0.05) is 35.3 Å². The maximum atomic E-state index is 12.6. The van der Waals surface area contributed by atoms with Crippen molar-refractivity contribution < 1.29 is 19.1 Å². The summed E-state index contributed by atoms with van der Waals surface area (Å²) in [5.74, 6) is 1.11. The average molecular weight is 452 g/mol. The maximum Gasteiger partial charge on any atom is 0.253 e. The number of benzene rings is 2. The molecule has 1 N–H and O–H groups in total. The molecule has 0 saturated carbocycles. The number of carbonyl (C=O) groups excluding carboxylic acids is 2. The van der Waals surface area contributed by atoms with E-state index in [2.05, 4.69) is 10.3 Å². The van der Waals surface area contributed by atoms with Crippen molar-refractivity contribution in [2.75, 3.05) is 32.6 Å². The van der Waals surface area contributed by atoms with Gasteiger partial charge in [-0.1, -0.05) is 6.07 Å². The second kappa shape index (κ2) is 9.82. The maximum absolute atomic E-state index is 12.6. The molecule has 1 aromatic heterocycles. The van der Waals surface area contributed by atoms with Crippen LogP contribution in [0, 0.1) is 0 Å². The summed E-state index contributed by atoms with van der Waals surface area (Å²) in [5.41, 5.74) is 2.78. The molecule has 0 aliphatic carbocycles. The average Bonchev–Trinajstić information content (AvgIpc) is 3.51. The lowest BCUT2D eigenvalue weighted by Crippen LogP contribution is -2.27. The van der Waals surface area contributed by atoms with Crippen LogP contribution in [0.2, 0.25) is 0 Å². The van der Waals surface area contributed by atoms with Crippen molar-refractivity contribution in [3.05, 3.63) is 59.1 Å². The first-order valence-electron chi connectivity index (χ1n) is 10.4. The molecule has 3 aromatic rings. The molecule has 0 bridgehead atoms. The monoisotopic (exact) mass is 451 g/mol. The summed E-state index contributed by atoms with van der Waals surface area (Å²) >= 11 is 1.47. The van der Waals surface area contributed by atoms with E-state index in [-0.39, 0.29) is 18.2 Å². The SMILES string of the molecule is COc1ccc(-c2nc(CC(=O)Nc3cccc(C(=O)N4CCCC4)c3)cs2)cc1OC. The van der Waals surface area contributed by atoms with Gasteiger partial charge in [0.15, 0.2) is 11.5 Å². The fourth-order valence-electron chi connectivity index (χ4n) is 3.69. The number of aromatic nitrogens is 1. The summed E-state index contributed by atoms with van der Waals surface area (Å²) < 4.78 is 10.6. The first-order chi connectivity index (χ1) is 15.6. The molecule has 2 heterocycles. The van der Waals surface area contributed by atoms with E-state index in [1.54, 1.807) is 38.5 Å². The number of ether oxygens (including phenoxy) is 2. The molecule has 2 aromatic carbocycles. The third-order valence-corrected chi connectivity index (χ3v) is 6.25. The zero-order chi connectivity index (χ0) is 22.5. The van der Waals surface area contributed by atoms with Crippen molar-refractivity contribution in [1.82, 2.24) is 9.88 Å². The molecule has 1 aliphatic heterocycles. The van der Waals surface area contributed by atoms with Crippen LogP contribution in [-0.2, 0) is 11.2 Å². The van der Waals surface area contributed by atoms with Crippen LogP contribution in [0.1, 0.15) is 28.9 Å². The molecule has 0 spiro atoms. The predicted molar refractivity (Wildman–Crippen MR) is 125 cm³/mol. The van der Waals surface area contributed by atoms with Crippen molar-refractivity contribution in [3.8, 4) is 22.1 Å². The van der Waals surface area contributed by atoms with Crippen LogP contribution < -0.4 is 14.8 Å². The lowest BCUT2D eigenvalue weighted by Gasteiger charge is -2.15. The summed E-state index contributed by atoms with van der Waals surface area (Å²) in [4.78, 5) is 31.6. The van der Waals surface area contributed by atoms with Gasteiger partial charge >= 0.3 is 0 Å². The predicted octanol–water partition coefficient (Wildman–Crippen LogP) is 4.24. The van der Waals surface area contributed by atoms with E-state index >= 15 is 0 Å². The molecular weight excluding hydrogens is 426 g/mol. The fraction of sp³-hybridized carbons (Fsp3) is 0.292. The Bertz CT molecular complexity index is 1120. The van der Waals surface area contributed by atoms with E-state index < -0.39 is 0 Å². The van der Waals surface area contributed by atoms with Gasteiger partial charge < -0.3 is 19.7 Å². The molecular formula is C24H25N3O4S. The number of hydrogen-bond acceptors (Lipinski definition) is 6. The summed E-state index contributed by atoms with van der Waals surface area (Å²) in [5, 5.41) is 5.55. The van der Waals surface area contributed by atoms with Crippen LogP contribution in [0.3, 0.4) is 0 Å². The zero-order valence-electron chi connectivity index (χ0n) is 18.1. The van der Waals surface area contributed by atoms with E-state index in [0.717, 1.165) is 36.5 Å². The van der Waals surface area contributed by atoms with Crippen molar-refractivity contribution in [3.63, 3.8) is 0 Å². The van der Waals surface area contributed by atoms with Crippen molar-refractivity contribution in [1.29, 1.82) is 0 Å². The highest BCUT2D eigenvalue weighted by Gasteiger charge is 2.20. The Morgan fingerprint density at radius 2 is 1.84 bits per heavy atom. The van der Waals surface area contributed by atoms with Gasteiger partial charge in [0.2, 0.25) is 5.91 Å². The van der Waals surface area contributed by atoms with Gasteiger partial charge in [-0.15, -0.1) is 11.3 Å². The van der Waals surface area contributed by atoms with E-state index in [4.69, 9.17) is 9.47 Å². The van der Waals surface area contributed by atoms with Gasteiger partial charge in [0.1, 0.15) is 5.01 Å². The number of nitrogens with zero attached hydrogens (tertiary/aromatic N) is 2. The number of amides is 2. The highest BCUT2D eigenvalue weighted by atomic mass is 32.1. The molecule has 1 aliphatic rings. The minimum absolute atomic E-state index is 0.0117. The normalized spacial score (nSPS) is 13.1. The summed E-state index contributed by atoms with van der Waals surface area (Å²) in [7, 11) is 3.18. The zero-order valence-corrected chi connectivity index (χ0v) is 18.9. The summed E-state index contributed by atoms with van der Waals surface area (Å²) in [6, 6.07) is 12.7. The Morgan fingerprint density at radius 3 is 2.59 bits per heavy atom. The van der Waals surface area contributed by atoms with E-state index in [9.17, 15) is 9.59 Å². The van der Waals surface area contributed by atoms with Crippen LogP contribution in [0.4, 0.5) is 5.69 Å². The third-order valence-electron chi connectivity index (χ3n) is 5.31. The number of nitrogens with one attached hydrogen (secondary N) is 1. The second-order valence-electron chi connectivity index (χ2n) is 7.52. The molecule has 0 unspecified atom stereocenters. The number of hydrogen-bond donors (Lipinski definition) is 1. The van der Waals surface area contributed by atoms with Crippen LogP contribution >= 0.6 is 11.3 Å². The van der Waals surface area contributed by atoms with Crippen LogP contribution in [0.25, 0.3) is 10.6 Å². The molecule has 0 radical (unpaired) electrons. The minimum atomic E-state index is -0.181. The van der Waals surface area contributed by atoms with E-state index in [0.29, 0.717) is 28.4 Å². The molecule has 166 valence electrons. The Hall–Kier alpha value is -3.39. The molecule has 1 fully saturated rings. The largest absolute Gasteiger partial charge is 0.493 e. The quantitative estimate of drug-likeness (QED) is 0.581. The van der Waals surface area contributed by atoms with E-state index in [1.807, 2.05) is 28.5 Å². The van der Waals surface area contributed by atoms with Gasteiger partial charge in [-0.3, -0.25) is 9.59 Å². The molecule has 0 atom stereocenters. The summed E-state index contributed by atoms with van der Waals surface area (Å²) in [6.45, 7) is 1.59. The van der Waals surface area contributed by atoms with Gasteiger partial charge in [-0.2, -0.15) is 0 Å². The first kappa shape index (κ1) is 21.8. The number of carbonyl (C=O) groups is 2. The highest BCUT2D eigenvalue weighted by molar-refractivity contribution is 7.13. The first-order valence-corrected chi connectivity index (χ1v) is 11.3. The molecule has 8 heteroatoms. The van der Waals surface area contributed by atoms with Gasteiger partial charge in [-0.05, 0) is 49.2 Å². The topological polar surface area (TPSA) is 80.8 Å². The van der Waals surface area contributed by atoms with Gasteiger partial charge in [-0.25, -0.2) is 4.98 Å². The smallest absolute Gasteiger partial charge is 0.253 e. The second-order valence-corrected chi connectivity index (χ2v) is 8.38. The molecule has 7 nitrogen and oxygen atoms in total. The van der Waals surface area contributed by atoms with Crippen molar-refractivity contribution in [2.24, 2.45) is 0 Å². The number of thiazole rings is 1. The third kappa shape index (κ3) is 4.91. The number of rotatable bonds is 7. The van der Waals surface area contributed by atoms with Crippen LogP contribution in [0.5, 0.6) is 11.5 Å². The van der Waals surface area contributed by atoms with Crippen molar-refractivity contribution >= 4 is 28.8 Å². The molecule has 1 saturated heterocycles. The van der Waals surface area contributed by atoms with Gasteiger partial charge in [0.05, 0.1) is 26.3 Å². The molecule has 2 amide bonds. The fourth-order valence-corrected chi connectivity index (χ4v) is 4.51. The summed E-state index contributed by atoms with van der Waals surface area (Å²) in [6.07, 6.45) is 2.23. The molecule has 4 rings (SSSR count). The van der Waals surface area contributed by atoms with Gasteiger partial charge in [0.25, 0.3) is 5.91 Å². The minimum Gasteiger partial charge on any atom is -0.493 e. The number of likely N-dealkylation sites (tertiary alicyclic amines) is 1. The lowest BCUT2D eigenvalue weighted by molar-refractivity contribution is -0.115. The highest BCUT2D eigenvalue weighted by Crippen LogP contribution is 2.33. The van der Waals surface area contributed by atoms with Crippen LogP contribution in [-0.4, -0.2) is 49.0 Å². The Kier molecular flexibility index (Phi) is 6.70. The van der Waals surface area contributed by atoms with E-state index in [1.165, 1.54) is 11.3 Å². The van der Waals surface area contributed by atoms with Crippen molar-refractivity contribution in [2.45, 2.75) is 19.3 Å². The number of anilines is 1.